The zero-order valence-electron chi connectivity index (χ0n) is 13.7. The van der Waals surface area contributed by atoms with Crippen LogP contribution in [0.5, 0.6) is 17.4 Å². The topological polar surface area (TPSA) is 69.7 Å². The van der Waals surface area contributed by atoms with Crippen LogP contribution in [-0.2, 0) is 0 Å². The number of aromatic nitrogens is 1. The molecule has 6 nitrogen and oxygen atoms in total. The number of halogens is 4. The molecule has 0 unspecified atom stereocenters. The number of methoxy groups -OCH3 is 2. The maximum Gasteiger partial charge on any atom is 0.422 e. The van der Waals surface area contributed by atoms with Gasteiger partial charge in [0.05, 0.1) is 30.5 Å². The second-order valence-electron chi connectivity index (χ2n) is 4.93. The molecule has 2 aromatic rings. The highest BCUT2D eigenvalue weighted by atomic mass is 35.5. The van der Waals surface area contributed by atoms with E-state index in [4.69, 9.17) is 21.1 Å². The predicted octanol–water partition coefficient (Wildman–Crippen LogP) is 3.95. The van der Waals surface area contributed by atoms with E-state index in [0.717, 1.165) is 6.20 Å². The van der Waals surface area contributed by atoms with Crippen molar-refractivity contribution in [3.05, 3.63) is 41.0 Å². The van der Waals surface area contributed by atoms with Crippen LogP contribution in [0, 0.1) is 0 Å². The average Bonchev–Trinajstić information content (AvgIpc) is 2.60. The molecule has 0 fully saturated rings. The van der Waals surface area contributed by atoms with Crippen LogP contribution in [-0.4, -0.2) is 37.9 Å². The predicted molar refractivity (Wildman–Crippen MR) is 88.3 cm³/mol. The molecule has 2 rings (SSSR count). The Hall–Kier alpha value is -2.68. The highest BCUT2D eigenvalue weighted by Crippen LogP contribution is 2.36. The smallest absolute Gasteiger partial charge is 0.422 e. The van der Waals surface area contributed by atoms with Crippen LogP contribution in [0.15, 0.2) is 30.5 Å². The van der Waals surface area contributed by atoms with Crippen LogP contribution in [0.3, 0.4) is 0 Å². The minimum atomic E-state index is -4.47. The molecule has 1 aromatic carbocycles. The van der Waals surface area contributed by atoms with Gasteiger partial charge in [0.15, 0.2) is 6.61 Å². The minimum Gasteiger partial charge on any atom is -0.495 e. The fourth-order valence-electron chi connectivity index (χ4n) is 1.91. The second kappa shape index (κ2) is 8.13. The fourth-order valence-corrected chi connectivity index (χ4v) is 2.14. The summed E-state index contributed by atoms with van der Waals surface area (Å²) in [5, 5.41) is 2.89. The number of pyridine rings is 1. The van der Waals surface area contributed by atoms with Gasteiger partial charge in [-0.1, -0.05) is 11.6 Å². The van der Waals surface area contributed by atoms with E-state index in [1.165, 1.54) is 38.5 Å². The Kier molecular flexibility index (Phi) is 6.14. The second-order valence-corrected chi connectivity index (χ2v) is 5.34. The third kappa shape index (κ3) is 5.16. The van der Waals surface area contributed by atoms with Gasteiger partial charge in [-0.05, 0) is 6.07 Å². The van der Waals surface area contributed by atoms with Crippen LogP contribution >= 0.6 is 11.6 Å². The molecule has 1 heterocycles. The van der Waals surface area contributed by atoms with Gasteiger partial charge < -0.3 is 19.5 Å². The lowest BCUT2D eigenvalue weighted by atomic mass is 10.2. The van der Waals surface area contributed by atoms with Gasteiger partial charge in [0.2, 0.25) is 5.88 Å². The summed E-state index contributed by atoms with van der Waals surface area (Å²) < 4.78 is 51.0. The van der Waals surface area contributed by atoms with E-state index in [2.05, 4.69) is 15.0 Å². The number of hydrogen-bond acceptors (Lipinski definition) is 5. The number of ether oxygens (including phenoxy) is 3. The molecule has 1 N–H and O–H groups in total. The van der Waals surface area contributed by atoms with Crippen molar-refractivity contribution in [1.29, 1.82) is 0 Å². The van der Waals surface area contributed by atoms with Gasteiger partial charge in [-0.2, -0.15) is 13.2 Å². The molecule has 1 amide bonds. The Balaban J connectivity index is 2.12. The first-order valence-corrected chi connectivity index (χ1v) is 7.49. The maximum absolute atomic E-state index is 12.3. The summed E-state index contributed by atoms with van der Waals surface area (Å²) in [6, 6.07) is 5.41. The molecule has 10 heteroatoms. The number of nitrogens with one attached hydrogen (secondary N) is 1. The lowest BCUT2D eigenvalue weighted by Crippen LogP contribution is -2.19. The van der Waals surface area contributed by atoms with E-state index in [9.17, 15) is 18.0 Å². The van der Waals surface area contributed by atoms with Crippen molar-refractivity contribution in [2.45, 2.75) is 6.18 Å². The summed E-state index contributed by atoms with van der Waals surface area (Å²) in [6.45, 7) is -1.46. The number of carbonyl (C=O) groups is 1. The van der Waals surface area contributed by atoms with Crippen LogP contribution in [0.1, 0.15) is 10.4 Å². The number of carbonyl (C=O) groups excluding carboxylic acids is 1. The molecule has 1 aromatic heterocycles. The van der Waals surface area contributed by atoms with Gasteiger partial charge in [-0.3, -0.25) is 4.79 Å². The van der Waals surface area contributed by atoms with E-state index in [1.54, 1.807) is 0 Å². The minimum absolute atomic E-state index is 0.111. The normalized spacial score (nSPS) is 11.0. The largest absolute Gasteiger partial charge is 0.495 e. The molecule has 0 bridgehead atoms. The molecule has 0 aliphatic rings. The summed E-state index contributed by atoms with van der Waals surface area (Å²) in [4.78, 5) is 16.0. The van der Waals surface area contributed by atoms with Crippen molar-refractivity contribution in [1.82, 2.24) is 4.98 Å². The molecule has 0 atom stereocenters. The molecule has 0 radical (unpaired) electrons. The summed E-state index contributed by atoms with van der Waals surface area (Å²) in [5.74, 6) is -0.161. The Morgan fingerprint density at radius 2 is 1.88 bits per heavy atom. The fraction of sp³-hybridized carbons (Fsp3) is 0.250. The number of nitrogens with zero attached hydrogens (tertiary/aromatic N) is 1. The van der Waals surface area contributed by atoms with Crippen molar-refractivity contribution in [2.75, 3.05) is 26.1 Å². The van der Waals surface area contributed by atoms with E-state index in [0.29, 0.717) is 22.2 Å². The number of benzene rings is 1. The zero-order valence-corrected chi connectivity index (χ0v) is 14.4. The van der Waals surface area contributed by atoms with Crippen LogP contribution in [0.2, 0.25) is 5.02 Å². The van der Waals surface area contributed by atoms with E-state index in [1.807, 2.05) is 0 Å². The molecular weight excluding hydrogens is 377 g/mol. The van der Waals surface area contributed by atoms with Crippen LogP contribution in [0.25, 0.3) is 0 Å². The van der Waals surface area contributed by atoms with Gasteiger partial charge >= 0.3 is 6.18 Å². The first kappa shape index (κ1) is 19.6. The standard InChI is InChI=1S/C16H14ClF3N2O4/c1-24-12-6-11(13(25-2)5-10(12)17)22-15(23)9-3-4-14(21-7-9)26-8-16(18,19)20/h3-7H,8H2,1-2H3,(H,22,23). The molecule has 140 valence electrons. The molecule has 0 spiro atoms. The number of alkyl halides is 3. The van der Waals surface area contributed by atoms with Crippen molar-refractivity contribution in [3.8, 4) is 17.4 Å². The van der Waals surface area contributed by atoms with Crippen molar-refractivity contribution >= 4 is 23.2 Å². The average molecular weight is 391 g/mol. The molecule has 26 heavy (non-hydrogen) atoms. The molecular formula is C16H14ClF3N2O4. The van der Waals surface area contributed by atoms with Gasteiger partial charge in [0.1, 0.15) is 11.5 Å². The number of hydrogen-bond donors (Lipinski definition) is 1. The molecule has 0 aliphatic heterocycles. The lowest BCUT2D eigenvalue weighted by Gasteiger charge is -2.13. The van der Waals surface area contributed by atoms with Crippen molar-refractivity contribution in [3.63, 3.8) is 0 Å². The SMILES string of the molecule is COc1cc(NC(=O)c2ccc(OCC(F)(F)F)nc2)c(OC)cc1Cl. The van der Waals surface area contributed by atoms with E-state index in [-0.39, 0.29) is 11.4 Å². The highest BCUT2D eigenvalue weighted by molar-refractivity contribution is 6.32. The number of anilines is 1. The van der Waals surface area contributed by atoms with Gasteiger partial charge in [0.25, 0.3) is 5.91 Å². The Labute approximate surface area is 151 Å². The molecule has 0 aliphatic carbocycles. The Morgan fingerprint density at radius 1 is 1.19 bits per heavy atom. The highest BCUT2D eigenvalue weighted by Gasteiger charge is 2.28. The van der Waals surface area contributed by atoms with Gasteiger partial charge in [0, 0.05) is 24.4 Å². The monoisotopic (exact) mass is 390 g/mol. The zero-order chi connectivity index (χ0) is 19.3. The summed E-state index contributed by atoms with van der Waals surface area (Å²) in [6.07, 6.45) is -3.37. The summed E-state index contributed by atoms with van der Waals surface area (Å²) in [5.41, 5.74) is 0.413. The van der Waals surface area contributed by atoms with Crippen LogP contribution < -0.4 is 19.5 Å². The molecule has 0 saturated heterocycles. The van der Waals surface area contributed by atoms with Gasteiger partial charge in [-0.25, -0.2) is 4.98 Å². The van der Waals surface area contributed by atoms with Crippen molar-refractivity contribution in [2.24, 2.45) is 0 Å². The lowest BCUT2D eigenvalue weighted by molar-refractivity contribution is -0.154. The van der Waals surface area contributed by atoms with Gasteiger partial charge in [-0.15, -0.1) is 0 Å². The summed E-state index contributed by atoms with van der Waals surface area (Å²) in [7, 11) is 2.82. The first-order valence-electron chi connectivity index (χ1n) is 7.12. The molecule has 0 saturated carbocycles. The quantitative estimate of drug-likeness (QED) is 0.809. The Morgan fingerprint density at radius 3 is 2.42 bits per heavy atom. The van der Waals surface area contributed by atoms with Crippen LogP contribution in [0.4, 0.5) is 18.9 Å². The number of rotatable bonds is 6. The van der Waals surface area contributed by atoms with Crippen molar-refractivity contribution < 1.29 is 32.2 Å². The number of amides is 1. The van der Waals surface area contributed by atoms with E-state index >= 15 is 0 Å². The first-order chi connectivity index (χ1) is 12.2. The third-order valence-electron chi connectivity index (χ3n) is 3.10. The third-order valence-corrected chi connectivity index (χ3v) is 3.40. The van der Waals surface area contributed by atoms with E-state index < -0.39 is 18.7 Å². The maximum atomic E-state index is 12.3. The summed E-state index contributed by atoms with van der Waals surface area (Å²) >= 11 is 5.99. The Bertz CT molecular complexity index is 782.